The Balaban J connectivity index is 1.58. The van der Waals surface area contributed by atoms with Gasteiger partial charge >= 0.3 is 6.03 Å². The number of carbonyl (C=O) groups is 1. The van der Waals surface area contributed by atoms with Crippen LogP contribution in [0.1, 0.15) is 6.42 Å². The van der Waals surface area contributed by atoms with Crippen molar-refractivity contribution in [2.75, 3.05) is 64.5 Å². The van der Waals surface area contributed by atoms with Gasteiger partial charge in [-0.2, -0.15) is 0 Å². The summed E-state index contributed by atoms with van der Waals surface area (Å²) < 4.78 is 10.5. The fraction of sp³-hybridized carbons (Fsp3) is 0.588. The molecule has 0 saturated carbocycles. The van der Waals surface area contributed by atoms with Gasteiger partial charge in [-0.1, -0.05) is 0 Å². The molecule has 2 aliphatic heterocycles. The third-order valence-corrected chi connectivity index (χ3v) is 4.49. The molecule has 0 aromatic heterocycles. The molecular formula is C17H25N3O3. The smallest absolute Gasteiger partial charge is 0.320 e. The van der Waals surface area contributed by atoms with E-state index in [1.807, 2.05) is 21.9 Å². The highest BCUT2D eigenvalue weighted by Gasteiger charge is 2.25. The van der Waals surface area contributed by atoms with Crippen molar-refractivity contribution in [2.24, 2.45) is 0 Å². The molecule has 2 amide bonds. The van der Waals surface area contributed by atoms with Gasteiger partial charge in [-0.05, 0) is 30.7 Å². The van der Waals surface area contributed by atoms with Crippen molar-refractivity contribution >= 4 is 11.7 Å². The maximum Gasteiger partial charge on any atom is 0.320 e. The molecular weight excluding hydrogens is 294 g/mol. The van der Waals surface area contributed by atoms with Crippen molar-refractivity contribution in [1.82, 2.24) is 9.80 Å². The number of ether oxygens (including phenoxy) is 2. The quantitative estimate of drug-likeness (QED) is 0.832. The lowest BCUT2D eigenvalue weighted by atomic mass is 10.2. The van der Waals surface area contributed by atoms with Gasteiger partial charge in [-0.3, -0.25) is 0 Å². The third-order valence-electron chi connectivity index (χ3n) is 4.49. The topological polar surface area (TPSA) is 45.2 Å². The van der Waals surface area contributed by atoms with Gasteiger partial charge in [0, 0.05) is 45.0 Å². The molecule has 0 bridgehead atoms. The normalized spacial score (nSPS) is 19.4. The maximum atomic E-state index is 12.6. The largest absolute Gasteiger partial charge is 0.497 e. The zero-order chi connectivity index (χ0) is 16.1. The SMILES string of the molecule is COc1ccc(N2CCCN(C(=O)N3CCOCC3)CC2)cc1. The van der Waals surface area contributed by atoms with Crippen LogP contribution in [0.5, 0.6) is 5.75 Å². The number of benzene rings is 1. The Labute approximate surface area is 137 Å². The van der Waals surface area contributed by atoms with E-state index in [4.69, 9.17) is 9.47 Å². The van der Waals surface area contributed by atoms with Gasteiger partial charge in [0.2, 0.25) is 0 Å². The molecule has 2 saturated heterocycles. The molecule has 2 fully saturated rings. The zero-order valence-electron chi connectivity index (χ0n) is 13.7. The van der Waals surface area contributed by atoms with Crippen LogP contribution in [0.3, 0.4) is 0 Å². The Morgan fingerprint density at radius 3 is 2.35 bits per heavy atom. The van der Waals surface area contributed by atoms with Crippen LogP contribution in [-0.4, -0.2) is 75.4 Å². The maximum absolute atomic E-state index is 12.6. The van der Waals surface area contributed by atoms with Crippen molar-refractivity contribution in [3.63, 3.8) is 0 Å². The first-order chi connectivity index (χ1) is 11.3. The van der Waals surface area contributed by atoms with Gasteiger partial charge in [0.1, 0.15) is 5.75 Å². The van der Waals surface area contributed by atoms with Crippen LogP contribution in [0.15, 0.2) is 24.3 Å². The van der Waals surface area contributed by atoms with Gasteiger partial charge in [0.25, 0.3) is 0 Å². The predicted molar refractivity (Wildman–Crippen MR) is 89.2 cm³/mol. The summed E-state index contributed by atoms with van der Waals surface area (Å²) in [6.07, 6.45) is 0.988. The molecule has 23 heavy (non-hydrogen) atoms. The first-order valence-electron chi connectivity index (χ1n) is 8.28. The Morgan fingerprint density at radius 2 is 1.65 bits per heavy atom. The summed E-state index contributed by atoms with van der Waals surface area (Å²) in [6.45, 7) is 6.14. The second-order valence-corrected chi connectivity index (χ2v) is 5.91. The number of morpholine rings is 1. The van der Waals surface area contributed by atoms with Gasteiger partial charge < -0.3 is 24.2 Å². The van der Waals surface area contributed by atoms with E-state index in [0.29, 0.717) is 26.3 Å². The molecule has 1 aromatic rings. The monoisotopic (exact) mass is 319 g/mol. The van der Waals surface area contributed by atoms with Crippen LogP contribution >= 0.6 is 0 Å². The van der Waals surface area contributed by atoms with Crippen LogP contribution in [0.25, 0.3) is 0 Å². The molecule has 1 aromatic carbocycles. The number of amides is 2. The number of methoxy groups -OCH3 is 1. The van der Waals surface area contributed by atoms with Crippen molar-refractivity contribution in [2.45, 2.75) is 6.42 Å². The molecule has 0 N–H and O–H groups in total. The van der Waals surface area contributed by atoms with E-state index >= 15 is 0 Å². The average molecular weight is 319 g/mol. The highest BCUT2D eigenvalue weighted by atomic mass is 16.5. The molecule has 2 heterocycles. The summed E-state index contributed by atoms with van der Waals surface area (Å²) >= 11 is 0. The summed E-state index contributed by atoms with van der Waals surface area (Å²) in [7, 11) is 1.68. The minimum absolute atomic E-state index is 0.157. The highest BCUT2D eigenvalue weighted by Crippen LogP contribution is 2.21. The van der Waals surface area contributed by atoms with Crippen LogP contribution in [0, 0.1) is 0 Å². The Bertz CT molecular complexity index is 514. The number of hydrogen-bond acceptors (Lipinski definition) is 4. The number of rotatable bonds is 2. The molecule has 0 radical (unpaired) electrons. The number of hydrogen-bond donors (Lipinski definition) is 0. The van der Waals surface area contributed by atoms with Gasteiger partial charge in [0.05, 0.1) is 20.3 Å². The summed E-state index contributed by atoms with van der Waals surface area (Å²) in [5, 5.41) is 0. The van der Waals surface area contributed by atoms with Crippen LogP contribution in [0.2, 0.25) is 0 Å². The van der Waals surface area contributed by atoms with Crippen molar-refractivity contribution in [3.8, 4) is 5.75 Å². The number of carbonyl (C=O) groups excluding carboxylic acids is 1. The molecule has 0 unspecified atom stereocenters. The summed E-state index contributed by atoms with van der Waals surface area (Å²) in [4.78, 5) is 18.8. The Morgan fingerprint density at radius 1 is 0.957 bits per heavy atom. The summed E-state index contributed by atoms with van der Waals surface area (Å²) in [5.41, 5.74) is 1.19. The number of anilines is 1. The first kappa shape index (κ1) is 15.9. The number of nitrogens with zero attached hydrogens (tertiary/aromatic N) is 3. The average Bonchev–Trinajstić information content (AvgIpc) is 2.88. The molecule has 0 aliphatic carbocycles. The third kappa shape index (κ3) is 3.88. The van der Waals surface area contributed by atoms with E-state index in [9.17, 15) is 4.79 Å². The number of urea groups is 1. The van der Waals surface area contributed by atoms with E-state index in [2.05, 4.69) is 17.0 Å². The fourth-order valence-corrected chi connectivity index (χ4v) is 3.11. The zero-order valence-corrected chi connectivity index (χ0v) is 13.7. The van der Waals surface area contributed by atoms with Crippen molar-refractivity contribution in [1.29, 1.82) is 0 Å². The van der Waals surface area contributed by atoms with Gasteiger partial charge in [0.15, 0.2) is 0 Å². The van der Waals surface area contributed by atoms with E-state index in [1.165, 1.54) is 5.69 Å². The van der Waals surface area contributed by atoms with E-state index < -0.39 is 0 Å². The predicted octanol–water partition coefficient (Wildman–Crippen LogP) is 1.66. The molecule has 6 nitrogen and oxygen atoms in total. The Kier molecular flexibility index (Phi) is 5.23. The molecule has 2 aliphatic rings. The van der Waals surface area contributed by atoms with E-state index in [0.717, 1.165) is 38.3 Å². The summed E-state index contributed by atoms with van der Waals surface area (Å²) in [6, 6.07) is 8.29. The molecule has 0 spiro atoms. The fourth-order valence-electron chi connectivity index (χ4n) is 3.11. The second kappa shape index (κ2) is 7.55. The highest BCUT2D eigenvalue weighted by molar-refractivity contribution is 5.74. The van der Waals surface area contributed by atoms with Crippen LogP contribution < -0.4 is 9.64 Å². The minimum atomic E-state index is 0.157. The molecule has 0 atom stereocenters. The van der Waals surface area contributed by atoms with Crippen LogP contribution in [0.4, 0.5) is 10.5 Å². The van der Waals surface area contributed by atoms with Crippen LogP contribution in [-0.2, 0) is 4.74 Å². The Hall–Kier alpha value is -1.95. The molecule has 126 valence electrons. The minimum Gasteiger partial charge on any atom is -0.497 e. The van der Waals surface area contributed by atoms with E-state index in [1.54, 1.807) is 7.11 Å². The molecule has 6 heteroatoms. The van der Waals surface area contributed by atoms with E-state index in [-0.39, 0.29) is 6.03 Å². The summed E-state index contributed by atoms with van der Waals surface area (Å²) in [5.74, 6) is 0.868. The molecule has 3 rings (SSSR count). The van der Waals surface area contributed by atoms with Gasteiger partial charge in [-0.25, -0.2) is 4.79 Å². The first-order valence-corrected chi connectivity index (χ1v) is 8.28. The van der Waals surface area contributed by atoms with Gasteiger partial charge in [-0.15, -0.1) is 0 Å². The lowest BCUT2D eigenvalue weighted by molar-refractivity contribution is 0.0438. The van der Waals surface area contributed by atoms with Crippen molar-refractivity contribution in [3.05, 3.63) is 24.3 Å². The lowest BCUT2D eigenvalue weighted by Gasteiger charge is -2.32. The lowest BCUT2D eigenvalue weighted by Crippen LogP contribution is -2.49. The second-order valence-electron chi connectivity index (χ2n) is 5.91. The van der Waals surface area contributed by atoms with Crippen molar-refractivity contribution < 1.29 is 14.3 Å². The standard InChI is InChI=1S/C17H25N3O3/c1-22-16-5-3-15(4-6-16)18-7-2-8-19(10-9-18)17(21)20-11-13-23-14-12-20/h3-6H,2,7-14H2,1H3.